The van der Waals surface area contributed by atoms with Gasteiger partial charge in [-0.25, -0.2) is 0 Å². The Labute approximate surface area is 124 Å². The van der Waals surface area contributed by atoms with Gasteiger partial charge in [0.25, 0.3) is 5.91 Å². The highest BCUT2D eigenvalue weighted by molar-refractivity contribution is 5.99. The molecule has 1 fully saturated rings. The lowest BCUT2D eigenvalue weighted by Gasteiger charge is -2.32. The Balaban J connectivity index is 1.83. The number of benzene rings is 1. The van der Waals surface area contributed by atoms with Crippen molar-refractivity contribution in [3.05, 3.63) is 29.3 Å². The van der Waals surface area contributed by atoms with E-state index in [1.54, 1.807) is 11.9 Å². The van der Waals surface area contributed by atoms with Crippen LogP contribution in [0.25, 0.3) is 0 Å². The molecule has 1 aromatic rings. The molecule has 0 aromatic heterocycles. The van der Waals surface area contributed by atoms with Crippen LogP contribution in [-0.4, -0.2) is 49.4 Å². The summed E-state index contributed by atoms with van der Waals surface area (Å²) in [6, 6.07) is 6.02. The molecule has 0 saturated carbocycles. The SMILES string of the molecule is C[C@@H]1CN(C(=O)c2ccc3c(c2)CCC(=O)N3C)CCN1. The Morgan fingerprint density at radius 1 is 1.33 bits per heavy atom. The number of fused-ring (bicyclic) bond motifs is 1. The van der Waals surface area contributed by atoms with E-state index in [2.05, 4.69) is 12.2 Å². The fourth-order valence-corrected chi connectivity index (χ4v) is 3.09. The quantitative estimate of drug-likeness (QED) is 0.839. The number of anilines is 1. The number of amides is 2. The van der Waals surface area contributed by atoms with Crippen LogP contribution in [0.3, 0.4) is 0 Å². The summed E-state index contributed by atoms with van der Waals surface area (Å²) in [6.07, 6.45) is 1.24. The van der Waals surface area contributed by atoms with Crippen molar-refractivity contribution in [2.45, 2.75) is 25.8 Å². The average Bonchev–Trinajstić information content (AvgIpc) is 2.50. The van der Waals surface area contributed by atoms with E-state index in [9.17, 15) is 9.59 Å². The summed E-state index contributed by atoms with van der Waals surface area (Å²) >= 11 is 0. The fourth-order valence-electron chi connectivity index (χ4n) is 3.09. The van der Waals surface area contributed by atoms with Crippen LogP contribution in [0.5, 0.6) is 0 Å². The highest BCUT2D eigenvalue weighted by Gasteiger charge is 2.25. The molecule has 1 N–H and O–H groups in total. The van der Waals surface area contributed by atoms with E-state index in [0.717, 1.165) is 42.9 Å². The van der Waals surface area contributed by atoms with Crippen molar-refractivity contribution in [1.82, 2.24) is 10.2 Å². The second kappa shape index (κ2) is 5.48. The lowest BCUT2D eigenvalue weighted by Crippen LogP contribution is -2.51. The molecule has 0 spiro atoms. The van der Waals surface area contributed by atoms with Crippen molar-refractivity contribution in [1.29, 1.82) is 0 Å². The van der Waals surface area contributed by atoms with Gasteiger partial charge in [0.15, 0.2) is 0 Å². The van der Waals surface area contributed by atoms with Crippen LogP contribution in [0.4, 0.5) is 5.69 Å². The number of carbonyl (C=O) groups is 2. The van der Waals surface area contributed by atoms with Crippen molar-refractivity contribution in [2.24, 2.45) is 0 Å². The molecule has 21 heavy (non-hydrogen) atoms. The second-order valence-electron chi connectivity index (χ2n) is 5.90. The van der Waals surface area contributed by atoms with Crippen LogP contribution in [0, 0.1) is 0 Å². The Morgan fingerprint density at radius 2 is 2.14 bits per heavy atom. The minimum atomic E-state index is 0.0886. The summed E-state index contributed by atoms with van der Waals surface area (Å²) in [5.74, 6) is 0.225. The first-order valence-corrected chi connectivity index (χ1v) is 7.48. The second-order valence-corrected chi connectivity index (χ2v) is 5.90. The summed E-state index contributed by atoms with van der Waals surface area (Å²) in [4.78, 5) is 27.9. The average molecular weight is 287 g/mol. The molecule has 5 nitrogen and oxygen atoms in total. The summed E-state index contributed by atoms with van der Waals surface area (Å²) in [7, 11) is 1.79. The maximum absolute atomic E-state index is 12.6. The van der Waals surface area contributed by atoms with Gasteiger partial charge >= 0.3 is 0 Å². The van der Waals surface area contributed by atoms with Crippen LogP contribution in [0.2, 0.25) is 0 Å². The van der Waals surface area contributed by atoms with Crippen LogP contribution in [0.15, 0.2) is 18.2 Å². The number of hydrogen-bond donors (Lipinski definition) is 1. The van der Waals surface area contributed by atoms with E-state index in [4.69, 9.17) is 0 Å². The Kier molecular flexibility index (Phi) is 3.68. The molecule has 1 aromatic carbocycles. The summed E-state index contributed by atoms with van der Waals surface area (Å²) in [6.45, 7) is 4.43. The van der Waals surface area contributed by atoms with Gasteiger partial charge in [-0.15, -0.1) is 0 Å². The minimum absolute atomic E-state index is 0.0886. The van der Waals surface area contributed by atoms with E-state index < -0.39 is 0 Å². The molecule has 2 amide bonds. The molecular formula is C16H21N3O2. The van der Waals surface area contributed by atoms with Gasteiger partial charge < -0.3 is 15.1 Å². The number of nitrogens with one attached hydrogen (secondary N) is 1. The highest BCUT2D eigenvalue weighted by Crippen LogP contribution is 2.28. The van der Waals surface area contributed by atoms with Crippen molar-refractivity contribution in [2.75, 3.05) is 31.6 Å². The number of carbonyl (C=O) groups excluding carboxylic acids is 2. The van der Waals surface area contributed by atoms with E-state index in [0.29, 0.717) is 12.5 Å². The van der Waals surface area contributed by atoms with Crippen LogP contribution < -0.4 is 10.2 Å². The first-order chi connectivity index (χ1) is 10.1. The third-order valence-electron chi connectivity index (χ3n) is 4.33. The van der Waals surface area contributed by atoms with Gasteiger partial charge in [0.05, 0.1) is 0 Å². The Morgan fingerprint density at radius 3 is 2.90 bits per heavy atom. The van der Waals surface area contributed by atoms with Crippen molar-refractivity contribution < 1.29 is 9.59 Å². The molecule has 112 valence electrons. The van der Waals surface area contributed by atoms with Gasteiger partial charge in [-0.2, -0.15) is 0 Å². The largest absolute Gasteiger partial charge is 0.336 e. The first-order valence-electron chi connectivity index (χ1n) is 7.48. The van der Waals surface area contributed by atoms with Gasteiger partial charge in [-0.3, -0.25) is 9.59 Å². The lowest BCUT2D eigenvalue weighted by atomic mass is 9.98. The van der Waals surface area contributed by atoms with Crippen LogP contribution in [-0.2, 0) is 11.2 Å². The standard InChI is InChI=1S/C16H21N3O2/c1-11-10-19(8-7-17-11)16(21)13-3-5-14-12(9-13)4-6-15(20)18(14)2/h3,5,9,11,17H,4,6-8,10H2,1-2H3/t11-/m1/s1. The zero-order chi connectivity index (χ0) is 15.0. The molecule has 2 aliphatic heterocycles. The molecule has 2 aliphatic rings. The number of nitrogens with zero attached hydrogens (tertiary/aromatic N) is 2. The molecule has 0 aliphatic carbocycles. The van der Waals surface area contributed by atoms with E-state index in [-0.39, 0.29) is 11.8 Å². The molecule has 0 unspecified atom stereocenters. The summed E-state index contributed by atoms with van der Waals surface area (Å²) in [5, 5.41) is 3.34. The molecule has 2 heterocycles. The Bertz CT molecular complexity index is 585. The van der Waals surface area contributed by atoms with E-state index >= 15 is 0 Å². The normalized spacial score (nSPS) is 22.2. The van der Waals surface area contributed by atoms with Crippen LogP contribution in [0.1, 0.15) is 29.3 Å². The monoisotopic (exact) mass is 287 g/mol. The zero-order valence-corrected chi connectivity index (χ0v) is 12.6. The third-order valence-corrected chi connectivity index (χ3v) is 4.33. The molecule has 0 bridgehead atoms. The van der Waals surface area contributed by atoms with E-state index in [1.807, 2.05) is 23.1 Å². The summed E-state index contributed by atoms with van der Waals surface area (Å²) in [5.41, 5.74) is 2.74. The number of aryl methyl sites for hydroxylation is 1. The highest BCUT2D eigenvalue weighted by atomic mass is 16.2. The van der Waals surface area contributed by atoms with Crippen molar-refractivity contribution >= 4 is 17.5 Å². The predicted molar refractivity (Wildman–Crippen MR) is 81.5 cm³/mol. The van der Waals surface area contributed by atoms with Gasteiger partial charge in [0.1, 0.15) is 0 Å². The summed E-state index contributed by atoms with van der Waals surface area (Å²) < 4.78 is 0. The predicted octanol–water partition coefficient (Wildman–Crippen LogP) is 1.03. The third kappa shape index (κ3) is 2.65. The molecule has 5 heteroatoms. The molecular weight excluding hydrogens is 266 g/mol. The van der Waals surface area contributed by atoms with E-state index in [1.165, 1.54) is 0 Å². The van der Waals surface area contributed by atoms with Gasteiger partial charge in [0.2, 0.25) is 5.91 Å². The zero-order valence-electron chi connectivity index (χ0n) is 12.6. The smallest absolute Gasteiger partial charge is 0.253 e. The van der Waals surface area contributed by atoms with Crippen molar-refractivity contribution in [3.63, 3.8) is 0 Å². The number of rotatable bonds is 1. The Hall–Kier alpha value is -1.88. The van der Waals surface area contributed by atoms with Gasteiger partial charge in [0, 0.05) is 50.4 Å². The molecule has 0 radical (unpaired) electrons. The molecule has 1 saturated heterocycles. The maximum atomic E-state index is 12.6. The fraction of sp³-hybridized carbons (Fsp3) is 0.500. The minimum Gasteiger partial charge on any atom is -0.336 e. The van der Waals surface area contributed by atoms with Gasteiger partial charge in [-0.1, -0.05) is 0 Å². The topological polar surface area (TPSA) is 52.7 Å². The maximum Gasteiger partial charge on any atom is 0.253 e. The van der Waals surface area contributed by atoms with Gasteiger partial charge in [-0.05, 0) is 37.1 Å². The number of hydrogen-bond acceptors (Lipinski definition) is 3. The number of piperazine rings is 1. The molecule has 3 rings (SSSR count). The van der Waals surface area contributed by atoms with Crippen molar-refractivity contribution in [3.8, 4) is 0 Å². The first kappa shape index (κ1) is 14.1. The lowest BCUT2D eigenvalue weighted by molar-refractivity contribution is -0.118. The van der Waals surface area contributed by atoms with Crippen LogP contribution >= 0.6 is 0 Å². The molecule has 1 atom stereocenters.